The lowest BCUT2D eigenvalue weighted by Gasteiger charge is -2.44. The molecule has 40 heavy (non-hydrogen) atoms. The summed E-state index contributed by atoms with van der Waals surface area (Å²) in [4.78, 5) is 41.0. The van der Waals surface area contributed by atoms with Gasteiger partial charge in [-0.25, -0.2) is 4.79 Å². The van der Waals surface area contributed by atoms with Crippen molar-refractivity contribution in [3.05, 3.63) is 34.2 Å². The third-order valence-electron chi connectivity index (χ3n) is 10.8. The third-order valence-corrected chi connectivity index (χ3v) is 11.9. The minimum Gasteiger partial charge on any atom is -0.507 e. The van der Waals surface area contributed by atoms with Crippen LogP contribution in [0.2, 0.25) is 0 Å². The Kier molecular flexibility index (Phi) is 6.51. The van der Waals surface area contributed by atoms with E-state index in [1.165, 1.54) is 18.2 Å². The van der Waals surface area contributed by atoms with Crippen LogP contribution >= 0.6 is 11.8 Å². The summed E-state index contributed by atoms with van der Waals surface area (Å²) in [6.07, 6.45) is 3.46. The Morgan fingerprint density at radius 3 is 2.80 bits per heavy atom. The molecule has 0 amide bonds. The zero-order valence-corrected chi connectivity index (χ0v) is 23.0. The van der Waals surface area contributed by atoms with Crippen LogP contribution in [-0.2, 0) is 19.1 Å². The van der Waals surface area contributed by atoms with Gasteiger partial charge in [0.05, 0.1) is 17.4 Å². The molecule has 1 saturated heterocycles. The standard InChI is InChI=1S/C28H33N3O8S/c1-26-20(33)6-7-28(39-25(26)37)19-5-2-14-11-27(19,21(22(26)28)23(34)35)12-15(14)13-40-9-8-38-24(36)17-4-3-16(30-31-29)10-18(17)32/h3-4,10,14-15,19-22,32-33H,2,5-9,11-13H2,1H3,(H,34,35)/t14-,15-,19-,20+,21-,22-,26-,27-,28-/m1/s1. The van der Waals surface area contributed by atoms with Gasteiger partial charge in [-0.15, -0.1) is 0 Å². The van der Waals surface area contributed by atoms with E-state index in [2.05, 4.69) is 10.0 Å². The zero-order chi connectivity index (χ0) is 28.4. The normalized spacial score (nSPS) is 40.5. The van der Waals surface area contributed by atoms with Crippen LogP contribution < -0.4 is 0 Å². The van der Waals surface area contributed by atoms with E-state index in [0.717, 1.165) is 31.4 Å². The number of benzene rings is 1. The molecule has 0 radical (unpaired) electrons. The minimum atomic E-state index is -1.18. The molecule has 6 rings (SSSR count). The predicted octanol–water partition coefficient (Wildman–Crippen LogP) is 4.43. The molecule has 1 spiro atoms. The maximum absolute atomic E-state index is 13.1. The number of hydrogen-bond acceptors (Lipinski definition) is 9. The number of nitrogens with zero attached hydrogens (tertiary/aromatic N) is 3. The van der Waals surface area contributed by atoms with Gasteiger partial charge in [-0.05, 0) is 86.1 Å². The van der Waals surface area contributed by atoms with Gasteiger partial charge in [0.15, 0.2) is 0 Å². The molecule has 3 N–H and O–H groups in total. The average molecular weight is 572 g/mol. The van der Waals surface area contributed by atoms with Crippen LogP contribution in [0.25, 0.3) is 10.4 Å². The number of phenols is 1. The van der Waals surface area contributed by atoms with Crippen LogP contribution in [0, 0.1) is 40.4 Å². The van der Waals surface area contributed by atoms with Gasteiger partial charge in [0.25, 0.3) is 0 Å². The molecule has 0 aromatic heterocycles. The number of fused-ring (bicyclic) bond motifs is 1. The lowest BCUT2D eigenvalue weighted by molar-refractivity contribution is -0.162. The molecule has 1 heterocycles. The van der Waals surface area contributed by atoms with E-state index in [-0.39, 0.29) is 29.5 Å². The number of rotatable bonds is 8. The van der Waals surface area contributed by atoms with Crippen LogP contribution in [0.4, 0.5) is 5.69 Å². The third kappa shape index (κ3) is 3.68. The average Bonchev–Trinajstić information content (AvgIpc) is 3.39. The van der Waals surface area contributed by atoms with Crippen LogP contribution in [0.3, 0.4) is 0 Å². The van der Waals surface area contributed by atoms with E-state index in [0.29, 0.717) is 30.4 Å². The molecule has 4 bridgehead atoms. The number of carboxylic acids is 1. The molecular weight excluding hydrogens is 538 g/mol. The van der Waals surface area contributed by atoms with Gasteiger partial charge in [-0.1, -0.05) is 11.2 Å². The quantitative estimate of drug-likeness (QED) is 0.134. The van der Waals surface area contributed by atoms with Crippen molar-refractivity contribution in [1.82, 2.24) is 0 Å². The van der Waals surface area contributed by atoms with Crippen LogP contribution in [-0.4, -0.2) is 63.0 Å². The van der Waals surface area contributed by atoms with Crippen molar-refractivity contribution >= 4 is 35.4 Å². The van der Waals surface area contributed by atoms with Gasteiger partial charge >= 0.3 is 17.9 Å². The Balaban J connectivity index is 1.11. The van der Waals surface area contributed by atoms with Gasteiger partial charge in [-0.2, -0.15) is 11.8 Å². The zero-order valence-electron chi connectivity index (χ0n) is 22.2. The summed E-state index contributed by atoms with van der Waals surface area (Å²) in [7, 11) is 0. The Bertz CT molecular complexity index is 1320. The van der Waals surface area contributed by atoms with E-state index >= 15 is 0 Å². The number of aliphatic hydroxyl groups is 1. The first-order valence-electron chi connectivity index (χ1n) is 13.9. The number of thioether (sulfide) groups is 1. The fraction of sp³-hybridized carbons (Fsp3) is 0.679. The van der Waals surface area contributed by atoms with Gasteiger partial charge in [0, 0.05) is 28.2 Å². The monoisotopic (exact) mass is 571 g/mol. The van der Waals surface area contributed by atoms with E-state index in [9.17, 15) is 29.7 Å². The first-order valence-corrected chi connectivity index (χ1v) is 15.0. The summed E-state index contributed by atoms with van der Waals surface area (Å²) in [6.45, 7) is 1.87. The smallest absolute Gasteiger partial charge is 0.341 e. The van der Waals surface area contributed by atoms with Crippen molar-refractivity contribution in [2.24, 2.45) is 45.5 Å². The number of carboxylic acid groups (broad SMARTS) is 1. The molecule has 11 nitrogen and oxygen atoms in total. The molecule has 1 aliphatic heterocycles. The van der Waals surface area contributed by atoms with Crippen LogP contribution in [0.15, 0.2) is 23.3 Å². The molecule has 1 aromatic carbocycles. The maximum atomic E-state index is 13.1. The minimum absolute atomic E-state index is 0.00510. The van der Waals surface area contributed by atoms with Gasteiger partial charge in [0.2, 0.25) is 0 Å². The highest BCUT2D eigenvalue weighted by atomic mass is 32.2. The Hall–Kier alpha value is -2.95. The number of hydrogen-bond donors (Lipinski definition) is 3. The Labute approximate surface area is 235 Å². The number of aliphatic carboxylic acids is 1. The van der Waals surface area contributed by atoms with Crippen molar-refractivity contribution in [3.63, 3.8) is 0 Å². The first kappa shape index (κ1) is 27.2. The van der Waals surface area contributed by atoms with Crippen LogP contribution in [0.5, 0.6) is 5.75 Å². The molecule has 1 aromatic rings. The molecule has 4 aliphatic carbocycles. The summed E-state index contributed by atoms with van der Waals surface area (Å²) in [5.41, 5.74) is 6.27. The predicted molar refractivity (Wildman–Crippen MR) is 143 cm³/mol. The second-order valence-electron chi connectivity index (χ2n) is 12.4. The maximum Gasteiger partial charge on any atom is 0.341 e. The topological polar surface area (TPSA) is 179 Å². The molecule has 0 unspecified atom stereocenters. The van der Waals surface area contributed by atoms with Gasteiger partial charge in [-0.3, -0.25) is 9.59 Å². The number of phenolic OH excluding ortho intramolecular Hbond substituents is 1. The Morgan fingerprint density at radius 1 is 1.27 bits per heavy atom. The number of aromatic hydroxyl groups is 1. The highest BCUT2D eigenvalue weighted by Gasteiger charge is 2.83. The number of esters is 2. The number of carbonyl (C=O) groups is 3. The first-order chi connectivity index (χ1) is 19.1. The fourth-order valence-corrected chi connectivity index (χ4v) is 10.5. The van der Waals surface area contributed by atoms with Gasteiger partial charge < -0.3 is 24.8 Å². The molecule has 4 saturated carbocycles. The van der Waals surface area contributed by atoms with Crippen molar-refractivity contribution in [2.75, 3.05) is 18.1 Å². The lowest BCUT2D eigenvalue weighted by atomic mass is 9.59. The Morgan fingerprint density at radius 2 is 2.08 bits per heavy atom. The summed E-state index contributed by atoms with van der Waals surface area (Å²) >= 11 is 1.66. The number of carbonyl (C=O) groups excluding carboxylic acids is 2. The number of aliphatic hydroxyl groups excluding tert-OH is 1. The summed E-state index contributed by atoms with van der Waals surface area (Å²) in [6, 6.07) is 3.98. The van der Waals surface area contributed by atoms with E-state index < -0.39 is 52.3 Å². The molecule has 5 aliphatic rings. The summed E-state index contributed by atoms with van der Waals surface area (Å²) in [5.74, 6) is -1.47. The second kappa shape index (κ2) is 9.56. The van der Waals surface area contributed by atoms with E-state index in [1.807, 2.05) is 0 Å². The van der Waals surface area contributed by atoms with Crippen molar-refractivity contribution in [2.45, 2.75) is 57.2 Å². The molecule has 12 heteroatoms. The lowest BCUT2D eigenvalue weighted by Crippen LogP contribution is -2.53. The molecule has 214 valence electrons. The molecule has 9 atom stereocenters. The highest BCUT2D eigenvalue weighted by molar-refractivity contribution is 7.99. The highest BCUT2D eigenvalue weighted by Crippen LogP contribution is 2.78. The van der Waals surface area contributed by atoms with E-state index in [4.69, 9.17) is 15.0 Å². The van der Waals surface area contributed by atoms with Crippen molar-refractivity contribution in [1.29, 1.82) is 0 Å². The molecular formula is C28H33N3O8S. The summed E-state index contributed by atoms with van der Waals surface area (Å²) < 4.78 is 11.5. The fourth-order valence-electron chi connectivity index (χ4n) is 9.40. The van der Waals surface area contributed by atoms with Crippen molar-refractivity contribution in [3.8, 4) is 5.75 Å². The molecule has 5 fully saturated rings. The van der Waals surface area contributed by atoms with Crippen molar-refractivity contribution < 1.29 is 39.2 Å². The number of azide groups is 1. The van der Waals surface area contributed by atoms with Gasteiger partial charge in [0.1, 0.15) is 23.5 Å². The largest absolute Gasteiger partial charge is 0.507 e. The summed E-state index contributed by atoms with van der Waals surface area (Å²) in [5, 5.41) is 34.9. The van der Waals surface area contributed by atoms with E-state index in [1.54, 1.807) is 18.7 Å². The van der Waals surface area contributed by atoms with Crippen LogP contribution in [0.1, 0.15) is 55.8 Å². The second-order valence-corrected chi connectivity index (χ2v) is 13.5. The SMILES string of the molecule is C[C@@]12C(=O)O[C@]3(CC[C@@H]1O)[C@@H]1CC[C@@H]4C[C@]1(C[C@@H]4CSCCOC(=O)c1ccc(N=[N+]=[N-])cc1O)[C@@H](C(=O)O)[C@@H]32. The number of ether oxygens (including phenoxy) is 2.